The maximum atomic E-state index is 13.7. The quantitative estimate of drug-likeness (QED) is 0.207. The molecule has 2 amide bonds. The van der Waals surface area contributed by atoms with Gasteiger partial charge in [0.05, 0.1) is 37.5 Å². The lowest BCUT2D eigenvalue weighted by atomic mass is 9.73. The average molecular weight is 597 g/mol. The summed E-state index contributed by atoms with van der Waals surface area (Å²) in [5.41, 5.74) is -0.703. The van der Waals surface area contributed by atoms with Crippen molar-refractivity contribution in [1.82, 2.24) is 10.2 Å². The number of nitrogens with one attached hydrogen (secondary N) is 1. The van der Waals surface area contributed by atoms with E-state index in [2.05, 4.69) is 5.32 Å². The molecule has 0 unspecified atom stereocenters. The molecule has 9 nitrogen and oxygen atoms in total. The predicted octanol–water partition coefficient (Wildman–Crippen LogP) is 5.88. The maximum absolute atomic E-state index is 13.7. The number of carbonyl (C=O) groups excluding carboxylic acids is 2. The zero-order valence-corrected chi connectivity index (χ0v) is 24.2. The number of hydrogen-bond donors (Lipinski definition) is 2. The number of ether oxygens (including phenoxy) is 3. The number of aliphatic carboxylic acids is 1. The van der Waals surface area contributed by atoms with Crippen LogP contribution in [0.3, 0.4) is 0 Å². The Morgan fingerprint density at radius 3 is 2.29 bits per heavy atom. The number of rotatable bonds is 14. The number of amides is 2. The Hall–Kier alpha value is -3.44. The van der Waals surface area contributed by atoms with E-state index in [4.69, 9.17) is 25.8 Å². The van der Waals surface area contributed by atoms with Crippen molar-refractivity contribution >= 4 is 29.4 Å². The largest absolute Gasteiger partial charge is 0.493 e. The number of Topliss-reactive ketones (excluding diaryl/α,β-unsaturated/α-hetero) is 1. The Kier molecular flexibility index (Phi) is 10.5. The summed E-state index contributed by atoms with van der Waals surface area (Å²) in [5, 5.41) is 12.1. The first kappa shape index (κ1) is 32.1. The topological polar surface area (TPSA) is 114 Å². The highest BCUT2D eigenvalue weighted by molar-refractivity contribution is 6.33. The highest BCUT2D eigenvalue weighted by atomic mass is 35.5. The first-order chi connectivity index (χ1) is 19.4. The summed E-state index contributed by atoms with van der Waals surface area (Å²) in [4.78, 5) is 39.2. The molecule has 0 radical (unpaired) electrons. The molecule has 0 aliphatic heterocycles. The van der Waals surface area contributed by atoms with Crippen LogP contribution in [0, 0.1) is 0 Å². The molecule has 0 spiro atoms. The molecule has 2 N–H and O–H groups in total. The van der Waals surface area contributed by atoms with Crippen LogP contribution in [0.1, 0.15) is 68.1 Å². The summed E-state index contributed by atoms with van der Waals surface area (Å²) in [7, 11) is 0. The predicted molar refractivity (Wildman–Crippen MR) is 148 cm³/mol. The number of nitrogens with zero attached hydrogens (tertiary/aromatic N) is 1. The number of urea groups is 1. The van der Waals surface area contributed by atoms with Crippen molar-refractivity contribution in [3.63, 3.8) is 0 Å². The highest BCUT2D eigenvalue weighted by Gasteiger charge is 2.62. The van der Waals surface area contributed by atoms with E-state index in [-0.39, 0.29) is 60.8 Å². The molecule has 1 fully saturated rings. The van der Waals surface area contributed by atoms with E-state index in [0.29, 0.717) is 5.56 Å². The monoisotopic (exact) mass is 596 g/mol. The summed E-state index contributed by atoms with van der Waals surface area (Å²) in [6, 6.07) is 9.15. The van der Waals surface area contributed by atoms with Crippen LogP contribution < -0.4 is 14.8 Å². The van der Waals surface area contributed by atoms with Gasteiger partial charge >= 0.3 is 12.0 Å². The number of carbonyl (C=O) groups is 3. The number of halogens is 3. The van der Waals surface area contributed by atoms with E-state index < -0.39 is 42.3 Å². The van der Waals surface area contributed by atoms with E-state index in [1.165, 1.54) is 17.9 Å². The number of ketones is 1. The second-order valence-electron chi connectivity index (χ2n) is 9.84. The molecule has 0 heterocycles. The van der Waals surface area contributed by atoms with Gasteiger partial charge < -0.3 is 29.5 Å². The molecular weight excluding hydrogens is 562 g/mol. The lowest BCUT2D eigenvalue weighted by Gasteiger charge is -2.45. The fourth-order valence-electron chi connectivity index (χ4n) is 4.78. The van der Waals surface area contributed by atoms with Crippen molar-refractivity contribution in [3.05, 3.63) is 58.1 Å². The van der Waals surface area contributed by atoms with Crippen molar-refractivity contribution in [1.29, 1.82) is 0 Å². The second-order valence-corrected chi connectivity index (χ2v) is 10.2. The molecule has 224 valence electrons. The standard InChI is InChI=1S/C29H35ClF2N2O7/c1-5-40-22-14-21(24(30)25(41-6-2)23(22)19(4)35)18(3)34(12-13-39-15-20-10-8-7-9-11-20)27(38)33-28(26(36)37)16-29(31,32)17-28/h7-11,14,18H,5-6,12-13,15-17H2,1-4H3,(H,33,38)(H,36,37)/t18-/m1/s1. The first-order valence-electron chi connectivity index (χ1n) is 13.3. The highest BCUT2D eigenvalue weighted by Crippen LogP contribution is 2.46. The molecule has 0 saturated heterocycles. The fourth-order valence-corrected chi connectivity index (χ4v) is 5.14. The molecule has 2 aromatic rings. The summed E-state index contributed by atoms with van der Waals surface area (Å²) in [6.45, 7) is 7.14. The number of hydrogen-bond acceptors (Lipinski definition) is 6. The smallest absolute Gasteiger partial charge is 0.329 e. The van der Waals surface area contributed by atoms with E-state index in [9.17, 15) is 28.3 Å². The van der Waals surface area contributed by atoms with Crippen LogP contribution in [0.25, 0.3) is 0 Å². The van der Waals surface area contributed by atoms with Crippen LogP contribution in [0.2, 0.25) is 5.02 Å². The van der Waals surface area contributed by atoms with Gasteiger partial charge in [0.25, 0.3) is 5.92 Å². The number of benzene rings is 2. The molecule has 1 atom stereocenters. The van der Waals surface area contributed by atoms with Crippen LogP contribution in [0.4, 0.5) is 13.6 Å². The minimum absolute atomic E-state index is 0.0371. The van der Waals surface area contributed by atoms with Crippen LogP contribution in [0.15, 0.2) is 36.4 Å². The van der Waals surface area contributed by atoms with Crippen molar-refractivity contribution in [2.45, 2.75) is 64.6 Å². The van der Waals surface area contributed by atoms with Crippen molar-refractivity contribution in [3.8, 4) is 11.5 Å². The van der Waals surface area contributed by atoms with Gasteiger partial charge in [-0.25, -0.2) is 18.4 Å². The van der Waals surface area contributed by atoms with Gasteiger partial charge in [-0.3, -0.25) is 4.79 Å². The second kappa shape index (κ2) is 13.5. The van der Waals surface area contributed by atoms with Gasteiger partial charge in [0.15, 0.2) is 17.1 Å². The molecule has 2 aromatic carbocycles. The van der Waals surface area contributed by atoms with Gasteiger partial charge in [0.1, 0.15) is 11.3 Å². The maximum Gasteiger partial charge on any atom is 0.329 e. The van der Waals surface area contributed by atoms with Gasteiger partial charge in [0, 0.05) is 24.9 Å². The third kappa shape index (κ3) is 7.45. The molecular formula is C29H35ClF2N2O7. The number of alkyl halides is 2. The lowest BCUT2D eigenvalue weighted by Crippen LogP contribution is -2.68. The van der Waals surface area contributed by atoms with Crippen LogP contribution in [-0.2, 0) is 16.1 Å². The average Bonchev–Trinajstić information content (AvgIpc) is 2.89. The van der Waals surface area contributed by atoms with Gasteiger partial charge in [-0.05, 0) is 39.3 Å². The van der Waals surface area contributed by atoms with Crippen LogP contribution in [-0.4, -0.2) is 65.6 Å². The molecule has 3 rings (SSSR count). The Bertz CT molecular complexity index is 1250. The van der Waals surface area contributed by atoms with E-state index in [0.717, 1.165) is 5.56 Å². The summed E-state index contributed by atoms with van der Waals surface area (Å²) < 4.78 is 44.7. The van der Waals surface area contributed by atoms with Gasteiger partial charge in [-0.15, -0.1) is 0 Å². The molecule has 1 saturated carbocycles. The van der Waals surface area contributed by atoms with Crippen molar-refractivity contribution < 1.29 is 42.5 Å². The number of carboxylic acid groups (broad SMARTS) is 1. The van der Waals surface area contributed by atoms with Crippen molar-refractivity contribution in [2.24, 2.45) is 0 Å². The van der Waals surface area contributed by atoms with Gasteiger partial charge in [-0.1, -0.05) is 41.9 Å². The van der Waals surface area contributed by atoms with Gasteiger partial charge in [0.2, 0.25) is 0 Å². The zero-order chi connectivity index (χ0) is 30.4. The van der Waals surface area contributed by atoms with Crippen LogP contribution >= 0.6 is 11.6 Å². The minimum atomic E-state index is -3.20. The third-order valence-corrected chi connectivity index (χ3v) is 7.19. The molecule has 1 aliphatic rings. The minimum Gasteiger partial charge on any atom is -0.493 e. The zero-order valence-electron chi connectivity index (χ0n) is 23.5. The Labute approximate surface area is 242 Å². The van der Waals surface area contributed by atoms with E-state index in [1.54, 1.807) is 20.8 Å². The normalized spacial score (nSPS) is 15.8. The Morgan fingerprint density at radius 2 is 1.76 bits per heavy atom. The van der Waals surface area contributed by atoms with Crippen molar-refractivity contribution in [2.75, 3.05) is 26.4 Å². The molecule has 1 aliphatic carbocycles. The van der Waals surface area contributed by atoms with E-state index in [1.807, 2.05) is 30.3 Å². The first-order valence-corrected chi connectivity index (χ1v) is 13.7. The summed E-state index contributed by atoms with van der Waals surface area (Å²) >= 11 is 6.74. The Morgan fingerprint density at radius 1 is 1.12 bits per heavy atom. The fraction of sp³-hybridized carbons (Fsp3) is 0.483. The SMILES string of the molecule is CCOc1cc([C@@H](C)N(CCOCc2ccccc2)C(=O)NC2(C(=O)O)CC(F)(F)C2)c(Cl)c(OCC)c1C(C)=O. The summed E-state index contributed by atoms with van der Waals surface area (Å²) in [6.07, 6.45) is -2.05. The van der Waals surface area contributed by atoms with Gasteiger partial charge in [-0.2, -0.15) is 0 Å². The van der Waals surface area contributed by atoms with Crippen LogP contribution in [0.5, 0.6) is 11.5 Å². The molecule has 0 bridgehead atoms. The molecule has 0 aromatic heterocycles. The summed E-state index contributed by atoms with van der Waals surface area (Å²) in [5.74, 6) is -4.79. The number of carboxylic acids is 1. The third-order valence-electron chi connectivity index (χ3n) is 6.80. The van der Waals surface area contributed by atoms with E-state index >= 15 is 0 Å². The Balaban J connectivity index is 1.96. The molecule has 12 heteroatoms. The lowest BCUT2D eigenvalue weighted by molar-refractivity contribution is -0.175. The molecule has 41 heavy (non-hydrogen) atoms.